The van der Waals surface area contributed by atoms with Crippen molar-refractivity contribution in [2.75, 3.05) is 0 Å². The van der Waals surface area contributed by atoms with Crippen molar-refractivity contribution in [3.8, 4) is 0 Å². The fourth-order valence-electron chi connectivity index (χ4n) is 0.621. The van der Waals surface area contributed by atoms with Crippen molar-refractivity contribution in [3.05, 3.63) is 28.5 Å². The maximum atomic E-state index is 12.5. The van der Waals surface area contributed by atoms with Crippen LogP contribution in [0.1, 0.15) is 0 Å². The second-order valence-electron chi connectivity index (χ2n) is 1.80. The Morgan fingerprint density at radius 3 is 2.91 bits per heavy atom. The summed E-state index contributed by atoms with van der Waals surface area (Å²) in [6, 6.07) is 4.19. The van der Waals surface area contributed by atoms with Crippen molar-refractivity contribution in [2.45, 2.75) is 0 Å². The molecule has 0 amide bonds. The summed E-state index contributed by atoms with van der Waals surface area (Å²) in [5.41, 5.74) is 0.458. The van der Waals surface area contributed by atoms with E-state index in [1.807, 2.05) is 0 Å². The van der Waals surface area contributed by atoms with Gasteiger partial charge in [0.05, 0.1) is 10.8 Å². The predicted molar refractivity (Wildman–Crippen MR) is 48.8 cm³/mol. The van der Waals surface area contributed by atoms with Gasteiger partial charge < -0.3 is 0 Å². The Bertz CT molecular complexity index is 320. The summed E-state index contributed by atoms with van der Waals surface area (Å²) in [4.78, 5) is 3.64. The second-order valence-corrected chi connectivity index (χ2v) is 2.84. The van der Waals surface area contributed by atoms with Gasteiger partial charge in [-0.3, -0.25) is 0 Å². The number of hydrogen-bond acceptors (Lipinski definition) is 2. The molecule has 0 aromatic heterocycles. The minimum atomic E-state index is -0.336. The lowest BCUT2D eigenvalue weighted by molar-refractivity contribution is 0.628. The van der Waals surface area contributed by atoms with Crippen LogP contribution in [0.2, 0.25) is 0 Å². The van der Waals surface area contributed by atoms with Crippen molar-refractivity contribution in [1.82, 2.24) is 0 Å². The van der Waals surface area contributed by atoms with Gasteiger partial charge >= 0.3 is 0 Å². The summed E-state index contributed by atoms with van der Waals surface area (Å²) in [5.74, 6) is -0.336. The SMILES string of the molecule is Fc1ccc(Br)c(N=C=S)c1. The fourth-order valence-corrected chi connectivity index (χ4v) is 1.05. The van der Waals surface area contributed by atoms with Crippen LogP contribution in [-0.2, 0) is 0 Å². The molecule has 0 aliphatic carbocycles. The molecule has 1 rings (SSSR count). The maximum absolute atomic E-state index is 12.5. The van der Waals surface area contributed by atoms with E-state index in [9.17, 15) is 4.39 Å². The van der Waals surface area contributed by atoms with Crippen LogP contribution in [0.4, 0.5) is 10.1 Å². The lowest BCUT2D eigenvalue weighted by Crippen LogP contribution is -1.72. The van der Waals surface area contributed by atoms with Crippen LogP contribution >= 0.6 is 28.1 Å². The molecule has 0 N–H and O–H groups in total. The first-order valence-corrected chi connectivity index (χ1v) is 3.97. The van der Waals surface area contributed by atoms with Gasteiger partial charge in [0.1, 0.15) is 5.82 Å². The molecule has 1 aromatic carbocycles. The highest BCUT2D eigenvalue weighted by molar-refractivity contribution is 9.10. The Morgan fingerprint density at radius 1 is 1.55 bits per heavy atom. The van der Waals surface area contributed by atoms with Gasteiger partial charge in [0, 0.05) is 10.5 Å². The van der Waals surface area contributed by atoms with Crippen LogP contribution in [-0.4, -0.2) is 5.16 Å². The zero-order valence-electron chi connectivity index (χ0n) is 5.34. The zero-order valence-corrected chi connectivity index (χ0v) is 7.75. The molecule has 0 atom stereocenters. The van der Waals surface area contributed by atoms with Crippen molar-refractivity contribution >= 4 is 39.0 Å². The van der Waals surface area contributed by atoms with Crippen LogP contribution in [0.5, 0.6) is 0 Å². The maximum Gasteiger partial charge on any atom is 0.125 e. The van der Waals surface area contributed by atoms with Crippen molar-refractivity contribution in [2.24, 2.45) is 4.99 Å². The van der Waals surface area contributed by atoms with Crippen LogP contribution < -0.4 is 0 Å². The minimum Gasteiger partial charge on any atom is -0.207 e. The molecule has 0 aliphatic heterocycles. The molecule has 0 radical (unpaired) electrons. The Balaban J connectivity index is 3.22. The molecule has 56 valence electrons. The van der Waals surface area contributed by atoms with Gasteiger partial charge in [-0.15, -0.1) is 0 Å². The molecule has 0 bridgehead atoms. The van der Waals surface area contributed by atoms with E-state index >= 15 is 0 Å². The summed E-state index contributed by atoms with van der Waals surface area (Å²) in [6.45, 7) is 0. The molecular formula is C7H3BrFNS. The highest BCUT2D eigenvalue weighted by Crippen LogP contribution is 2.25. The average Bonchev–Trinajstić information content (AvgIpc) is 1.98. The van der Waals surface area contributed by atoms with Gasteiger partial charge in [-0.2, -0.15) is 4.99 Å². The molecule has 0 unspecified atom stereocenters. The highest BCUT2D eigenvalue weighted by Gasteiger charge is 1.97. The number of thiocarbonyl (C=S) groups is 1. The number of halogens is 2. The number of rotatable bonds is 1. The van der Waals surface area contributed by atoms with Crippen LogP contribution in [0.15, 0.2) is 27.7 Å². The summed E-state index contributed by atoms with van der Waals surface area (Å²) in [6.07, 6.45) is 0. The van der Waals surface area contributed by atoms with E-state index in [0.29, 0.717) is 10.2 Å². The molecule has 0 saturated heterocycles. The number of nitrogens with zero attached hydrogens (tertiary/aromatic N) is 1. The zero-order chi connectivity index (χ0) is 8.27. The normalized spacial score (nSPS) is 8.91. The van der Waals surface area contributed by atoms with Crippen LogP contribution in [0, 0.1) is 5.82 Å². The minimum absolute atomic E-state index is 0.336. The Hall–Kier alpha value is -0.570. The molecule has 0 spiro atoms. The van der Waals surface area contributed by atoms with Crippen LogP contribution in [0.3, 0.4) is 0 Å². The van der Waals surface area contributed by atoms with E-state index in [4.69, 9.17) is 0 Å². The first kappa shape index (κ1) is 8.53. The molecule has 0 heterocycles. The molecule has 0 saturated carbocycles. The second kappa shape index (κ2) is 3.72. The predicted octanol–water partition coefficient (Wildman–Crippen LogP) is 3.32. The fraction of sp³-hybridized carbons (Fsp3) is 0. The lowest BCUT2D eigenvalue weighted by Gasteiger charge is -1.94. The summed E-state index contributed by atoms with van der Waals surface area (Å²) in [5, 5.41) is 2.16. The third kappa shape index (κ3) is 2.19. The molecule has 11 heavy (non-hydrogen) atoms. The third-order valence-corrected chi connectivity index (χ3v) is 1.84. The third-order valence-electron chi connectivity index (χ3n) is 1.07. The van der Waals surface area contributed by atoms with Gasteiger partial charge in [0.25, 0.3) is 0 Å². The highest BCUT2D eigenvalue weighted by atomic mass is 79.9. The Morgan fingerprint density at radius 2 is 2.27 bits per heavy atom. The van der Waals surface area contributed by atoms with E-state index in [1.165, 1.54) is 12.1 Å². The standard InChI is InChI=1S/C7H3BrFNS/c8-6-2-1-5(9)3-7(6)10-4-11/h1-3H. The Labute approximate surface area is 77.1 Å². The van der Waals surface area contributed by atoms with Crippen molar-refractivity contribution < 1.29 is 4.39 Å². The Kier molecular flexibility index (Phi) is 2.88. The van der Waals surface area contributed by atoms with E-state index in [1.54, 1.807) is 6.07 Å². The van der Waals surface area contributed by atoms with Gasteiger partial charge in [-0.05, 0) is 40.3 Å². The summed E-state index contributed by atoms with van der Waals surface area (Å²) in [7, 11) is 0. The molecule has 0 aliphatic rings. The molecule has 4 heteroatoms. The largest absolute Gasteiger partial charge is 0.207 e. The number of aliphatic imine (C=N–C) groups is 1. The average molecular weight is 232 g/mol. The summed E-state index contributed by atoms with van der Waals surface area (Å²) < 4.78 is 13.2. The summed E-state index contributed by atoms with van der Waals surface area (Å²) >= 11 is 7.56. The lowest BCUT2D eigenvalue weighted by atomic mass is 10.3. The number of hydrogen-bond donors (Lipinski definition) is 0. The van der Waals surface area contributed by atoms with Gasteiger partial charge in [0.15, 0.2) is 0 Å². The molecule has 0 fully saturated rings. The number of isothiocyanates is 1. The molecule has 1 nitrogen and oxygen atoms in total. The quantitative estimate of drug-likeness (QED) is 0.534. The van der Waals surface area contributed by atoms with E-state index in [2.05, 4.69) is 38.3 Å². The van der Waals surface area contributed by atoms with E-state index in [0.717, 1.165) is 0 Å². The monoisotopic (exact) mass is 231 g/mol. The topological polar surface area (TPSA) is 12.4 Å². The van der Waals surface area contributed by atoms with Crippen molar-refractivity contribution in [3.63, 3.8) is 0 Å². The van der Waals surface area contributed by atoms with Gasteiger partial charge in [-0.25, -0.2) is 4.39 Å². The first-order chi connectivity index (χ1) is 5.24. The van der Waals surface area contributed by atoms with E-state index < -0.39 is 0 Å². The van der Waals surface area contributed by atoms with E-state index in [-0.39, 0.29) is 5.82 Å². The molecular weight excluding hydrogens is 229 g/mol. The van der Waals surface area contributed by atoms with Crippen LogP contribution in [0.25, 0.3) is 0 Å². The smallest absolute Gasteiger partial charge is 0.125 e. The first-order valence-electron chi connectivity index (χ1n) is 2.77. The van der Waals surface area contributed by atoms with Crippen molar-refractivity contribution in [1.29, 1.82) is 0 Å². The number of benzene rings is 1. The van der Waals surface area contributed by atoms with Gasteiger partial charge in [0.2, 0.25) is 0 Å². The molecule has 1 aromatic rings. The van der Waals surface area contributed by atoms with Gasteiger partial charge in [-0.1, -0.05) is 0 Å².